The lowest BCUT2D eigenvalue weighted by Crippen LogP contribution is -2.23. The van der Waals surface area contributed by atoms with Crippen molar-refractivity contribution in [1.82, 2.24) is 9.78 Å². The van der Waals surface area contributed by atoms with E-state index in [1.807, 2.05) is 29.1 Å². The summed E-state index contributed by atoms with van der Waals surface area (Å²) in [6.45, 7) is 3.07. The number of hydrogen-bond donors (Lipinski definition) is 1. The van der Waals surface area contributed by atoms with Gasteiger partial charge in [-0.3, -0.25) is 4.68 Å². The molecule has 0 saturated carbocycles. The van der Waals surface area contributed by atoms with Crippen LogP contribution in [0.25, 0.3) is 0 Å². The number of aryl methyl sites for hydroxylation is 1. The zero-order chi connectivity index (χ0) is 14.1. The van der Waals surface area contributed by atoms with Crippen LogP contribution in [0.15, 0.2) is 35.1 Å². The van der Waals surface area contributed by atoms with Gasteiger partial charge in [-0.05, 0) is 24.6 Å². The molecule has 5 heteroatoms. The van der Waals surface area contributed by atoms with Gasteiger partial charge in [0.05, 0.1) is 6.20 Å². The second-order valence-corrected chi connectivity index (χ2v) is 6.08. The minimum atomic E-state index is -0.00992. The molecule has 0 spiro atoms. The fourth-order valence-corrected chi connectivity index (χ4v) is 2.96. The zero-order valence-electron chi connectivity index (χ0n) is 11.4. The molecule has 20 heavy (non-hydrogen) atoms. The van der Waals surface area contributed by atoms with Gasteiger partial charge in [0.15, 0.2) is 0 Å². The van der Waals surface area contributed by atoms with Crippen molar-refractivity contribution in [2.45, 2.75) is 38.5 Å². The molecule has 1 aliphatic heterocycles. The maximum Gasteiger partial charge on any atom is 0.129 e. The van der Waals surface area contributed by atoms with Crippen molar-refractivity contribution in [2.24, 2.45) is 5.73 Å². The Hall–Kier alpha value is -1.33. The van der Waals surface area contributed by atoms with Crippen molar-refractivity contribution < 1.29 is 4.74 Å². The van der Waals surface area contributed by atoms with Gasteiger partial charge in [0.25, 0.3) is 0 Å². The number of rotatable bonds is 3. The van der Waals surface area contributed by atoms with Crippen molar-refractivity contribution in [1.29, 1.82) is 0 Å². The lowest BCUT2D eigenvalue weighted by molar-refractivity contribution is 0.161. The summed E-state index contributed by atoms with van der Waals surface area (Å²) in [5.74, 6) is 0.875. The standard InChI is InChI=1S/C15H18BrN3O/c1-2-5-19-9-10(8-18-19)15-7-13(17)12-6-11(16)3-4-14(12)20-15/h3-4,6,8-9,13,15H,2,5,7,17H2,1H3/t13-,15?/m0/s1. The van der Waals surface area contributed by atoms with Crippen LogP contribution in [0.2, 0.25) is 0 Å². The van der Waals surface area contributed by atoms with E-state index in [9.17, 15) is 0 Å². The van der Waals surface area contributed by atoms with Crippen molar-refractivity contribution in [3.63, 3.8) is 0 Å². The third-order valence-corrected chi connectivity index (χ3v) is 4.08. The van der Waals surface area contributed by atoms with E-state index >= 15 is 0 Å². The Morgan fingerprint density at radius 2 is 2.35 bits per heavy atom. The Labute approximate surface area is 127 Å². The first-order valence-electron chi connectivity index (χ1n) is 6.91. The molecule has 1 aliphatic rings. The van der Waals surface area contributed by atoms with E-state index in [-0.39, 0.29) is 12.1 Å². The van der Waals surface area contributed by atoms with Gasteiger partial charge >= 0.3 is 0 Å². The number of halogens is 1. The molecule has 0 amide bonds. The number of nitrogens with two attached hydrogens (primary N) is 1. The zero-order valence-corrected chi connectivity index (χ0v) is 13.0. The van der Waals surface area contributed by atoms with Gasteiger partial charge in [0.1, 0.15) is 11.9 Å². The fourth-order valence-electron chi connectivity index (χ4n) is 2.58. The Morgan fingerprint density at radius 1 is 1.50 bits per heavy atom. The van der Waals surface area contributed by atoms with E-state index in [0.29, 0.717) is 0 Å². The van der Waals surface area contributed by atoms with E-state index in [2.05, 4.69) is 34.1 Å². The van der Waals surface area contributed by atoms with Gasteiger partial charge in [-0.1, -0.05) is 22.9 Å². The Morgan fingerprint density at radius 3 is 3.15 bits per heavy atom. The molecule has 2 aromatic rings. The summed E-state index contributed by atoms with van der Waals surface area (Å²) in [6.07, 6.45) is 5.79. The van der Waals surface area contributed by atoms with Crippen LogP contribution in [0.1, 0.15) is 43.0 Å². The molecule has 0 saturated heterocycles. The summed E-state index contributed by atoms with van der Waals surface area (Å²) < 4.78 is 9.07. The summed E-state index contributed by atoms with van der Waals surface area (Å²) in [5, 5.41) is 4.36. The second-order valence-electron chi connectivity index (χ2n) is 5.17. The van der Waals surface area contributed by atoms with Gasteiger partial charge in [-0.25, -0.2) is 0 Å². The molecule has 2 atom stereocenters. The van der Waals surface area contributed by atoms with E-state index in [4.69, 9.17) is 10.5 Å². The van der Waals surface area contributed by atoms with Gasteiger partial charge in [-0.15, -0.1) is 0 Å². The number of fused-ring (bicyclic) bond motifs is 1. The number of ether oxygens (including phenoxy) is 1. The number of nitrogens with zero attached hydrogens (tertiary/aromatic N) is 2. The maximum atomic E-state index is 6.28. The normalized spacial score (nSPS) is 21.4. The van der Waals surface area contributed by atoms with E-state index in [1.165, 1.54) is 0 Å². The molecule has 2 heterocycles. The van der Waals surface area contributed by atoms with Gasteiger partial charge in [-0.2, -0.15) is 5.10 Å². The SMILES string of the molecule is CCCn1cc(C2C[C@H](N)c3cc(Br)ccc3O2)cn1. The van der Waals surface area contributed by atoms with Crippen molar-refractivity contribution in [2.75, 3.05) is 0 Å². The van der Waals surface area contributed by atoms with Gasteiger partial charge in [0.2, 0.25) is 0 Å². The Bertz CT molecular complexity index is 611. The van der Waals surface area contributed by atoms with Gasteiger partial charge in [0, 0.05) is 40.8 Å². The molecule has 1 aromatic heterocycles. The molecule has 1 unspecified atom stereocenters. The molecular formula is C15H18BrN3O. The molecule has 0 radical (unpaired) electrons. The molecule has 0 aliphatic carbocycles. The molecular weight excluding hydrogens is 318 g/mol. The van der Waals surface area contributed by atoms with Crippen LogP contribution in [0.3, 0.4) is 0 Å². The summed E-state index contributed by atoms with van der Waals surface area (Å²) in [4.78, 5) is 0. The highest BCUT2D eigenvalue weighted by atomic mass is 79.9. The van der Waals surface area contributed by atoms with Crippen molar-refractivity contribution in [3.05, 3.63) is 46.2 Å². The van der Waals surface area contributed by atoms with Gasteiger partial charge < -0.3 is 10.5 Å². The predicted molar refractivity (Wildman–Crippen MR) is 81.6 cm³/mol. The third kappa shape index (κ3) is 2.60. The number of benzene rings is 1. The second kappa shape index (κ2) is 5.58. The summed E-state index contributed by atoms with van der Waals surface area (Å²) in [7, 11) is 0. The lowest BCUT2D eigenvalue weighted by Gasteiger charge is -2.29. The smallest absolute Gasteiger partial charge is 0.129 e. The van der Waals surface area contributed by atoms with Crippen LogP contribution in [-0.2, 0) is 6.54 Å². The minimum Gasteiger partial charge on any atom is -0.485 e. The van der Waals surface area contributed by atoms with Crippen LogP contribution in [0, 0.1) is 0 Å². The maximum absolute atomic E-state index is 6.28. The van der Waals surface area contributed by atoms with E-state index in [0.717, 1.165) is 40.7 Å². The Balaban J connectivity index is 1.85. The number of hydrogen-bond acceptors (Lipinski definition) is 3. The number of aromatic nitrogens is 2. The van der Waals surface area contributed by atoms with Crippen LogP contribution in [0.5, 0.6) is 5.75 Å². The summed E-state index contributed by atoms with van der Waals surface area (Å²) >= 11 is 3.47. The molecule has 106 valence electrons. The van der Waals surface area contributed by atoms with Crippen LogP contribution in [0.4, 0.5) is 0 Å². The lowest BCUT2D eigenvalue weighted by atomic mass is 9.95. The average molecular weight is 336 g/mol. The molecule has 2 N–H and O–H groups in total. The highest BCUT2D eigenvalue weighted by molar-refractivity contribution is 9.10. The van der Waals surface area contributed by atoms with E-state index in [1.54, 1.807) is 0 Å². The fraction of sp³-hybridized carbons (Fsp3) is 0.400. The topological polar surface area (TPSA) is 53.1 Å². The molecule has 4 nitrogen and oxygen atoms in total. The van der Waals surface area contributed by atoms with Crippen molar-refractivity contribution in [3.8, 4) is 5.75 Å². The Kier molecular flexibility index (Phi) is 3.81. The average Bonchev–Trinajstić information content (AvgIpc) is 2.88. The first-order valence-corrected chi connectivity index (χ1v) is 7.70. The largest absolute Gasteiger partial charge is 0.485 e. The van der Waals surface area contributed by atoms with Crippen LogP contribution >= 0.6 is 15.9 Å². The highest BCUT2D eigenvalue weighted by Gasteiger charge is 2.28. The predicted octanol–water partition coefficient (Wildman–Crippen LogP) is 3.58. The molecule has 0 bridgehead atoms. The highest BCUT2D eigenvalue weighted by Crippen LogP contribution is 2.40. The monoisotopic (exact) mass is 335 g/mol. The first-order chi connectivity index (χ1) is 9.67. The summed E-state index contributed by atoms with van der Waals surface area (Å²) in [6, 6.07) is 5.99. The quantitative estimate of drug-likeness (QED) is 0.932. The molecule has 1 aromatic carbocycles. The van der Waals surface area contributed by atoms with Crippen molar-refractivity contribution >= 4 is 15.9 Å². The minimum absolute atomic E-state index is 0.00391. The van der Waals surface area contributed by atoms with Crippen LogP contribution < -0.4 is 10.5 Å². The first kappa shape index (κ1) is 13.6. The molecule has 3 rings (SSSR count). The summed E-state index contributed by atoms with van der Waals surface area (Å²) in [5.41, 5.74) is 8.45. The third-order valence-electron chi connectivity index (χ3n) is 3.59. The molecule has 0 fully saturated rings. The van der Waals surface area contributed by atoms with E-state index < -0.39 is 0 Å². The van der Waals surface area contributed by atoms with Crippen LogP contribution in [-0.4, -0.2) is 9.78 Å².